The molecule has 1 aromatic heterocycles. The summed E-state index contributed by atoms with van der Waals surface area (Å²) in [4.78, 5) is 10.4. The van der Waals surface area contributed by atoms with Crippen LogP contribution in [0.1, 0.15) is 28.2 Å². The van der Waals surface area contributed by atoms with Gasteiger partial charge in [0.05, 0.1) is 5.56 Å². The van der Waals surface area contributed by atoms with E-state index in [0.717, 1.165) is 0 Å². The lowest BCUT2D eigenvalue weighted by Crippen LogP contribution is -1.93. The molecule has 3 nitrogen and oxygen atoms in total. The van der Waals surface area contributed by atoms with Crippen molar-refractivity contribution in [2.24, 2.45) is 7.05 Å². The lowest BCUT2D eigenvalue weighted by Gasteiger charge is -1.92. The van der Waals surface area contributed by atoms with E-state index in [9.17, 15) is 13.6 Å². The molecule has 0 aliphatic carbocycles. The van der Waals surface area contributed by atoms with E-state index in [1.54, 1.807) is 6.92 Å². The molecule has 0 radical (unpaired) electrons. The molecule has 1 rings (SSSR count). The maximum atomic E-state index is 12.2. The van der Waals surface area contributed by atoms with Crippen molar-refractivity contribution in [3.8, 4) is 0 Å². The van der Waals surface area contributed by atoms with Crippen LogP contribution in [0.5, 0.6) is 0 Å². The standard InChI is InChI=1S/C7H8F2N2O/c1-4-5(3-12)6(7(8)9)10-11(4)2/h3,7H,1-2H3. The predicted molar refractivity (Wildman–Crippen MR) is 38.3 cm³/mol. The molecular formula is C7H8F2N2O. The summed E-state index contributed by atoms with van der Waals surface area (Å²) in [6.07, 6.45) is -2.28. The van der Waals surface area contributed by atoms with Gasteiger partial charge in [0.25, 0.3) is 6.43 Å². The Morgan fingerprint density at radius 2 is 2.17 bits per heavy atom. The first kappa shape index (κ1) is 8.83. The third-order valence-electron chi connectivity index (χ3n) is 1.73. The Kier molecular flexibility index (Phi) is 2.21. The summed E-state index contributed by atoms with van der Waals surface area (Å²) in [6, 6.07) is 0. The zero-order valence-electron chi connectivity index (χ0n) is 6.71. The number of alkyl halides is 2. The summed E-state index contributed by atoms with van der Waals surface area (Å²) in [5.41, 5.74) is 0.0119. The summed E-state index contributed by atoms with van der Waals surface area (Å²) in [5.74, 6) is 0. The Bertz CT molecular complexity index is 307. The van der Waals surface area contributed by atoms with Crippen LogP contribution in [-0.4, -0.2) is 16.1 Å². The zero-order valence-corrected chi connectivity index (χ0v) is 6.71. The first-order valence-electron chi connectivity index (χ1n) is 3.34. The SMILES string of the molecule is Cc1c(C=O)c(C(F)F)nn1C. The molecule has 0 aromatic carbocycles. The van der Waals surface area contributed by atoms with E-state index >= 15 is 0 Å². The average Bonchev–Trinajstić information content (AvgIpc) is 2.29. The van der Waals surface area contributed by atoms with Gasteiger partial charge in [0.1, 0.15) is 5.69 Å². The summed E-state index contributed by atoms with van der Waals surface area (Å²) >= 11 is 0. The molecule has 0 fully saturated rings. The van der Waals surface area contributed by atoms with E-state index in [4.69, 9.17) is 0 Å². The van der Waals surface area contributed by atoms with Crippen LogP contribution in [0.15, 0.2) is 0 Å². The quantitative estimate of drug-likeness (QED) is 0.636. The highest BCUT2D eigenvalue weighted by molar-refractivity contribution is 5.78. The van der Waals surface area contributed by atoms with Crippen molar-refractivity contribution in [2.45, 2.75) is 13.3 Å². The van der Waals surface area contributed by atoms with E-state index in [1.165, 1.54) is 11.7 Å². The number of carbonyl (C=O) groups excluding carboxylic acids is 1. The third-order valence-corrected chi connectivity index (χ3v) is 1.73. The maximum Gasteiger partial charge on any atom is 0.282 e. The minimum atomic E-state index is -2.69. The van der Waals surface area contributed by atoms with Crippen LogP contribution in [0, 0.1) is 6.92 Å². The van der Waals surface area contributed by atoms with Gasteiger partial charge in [-0.1, -0.05) is 0 Å². The monoisotopic (exact) mass is 174 g/mol. The Labute approximate surface area is 68.0 Å². The fourth-order valence-electron chi connectivity index (χ4n) is 0.957. The van der Waals surface area contributed by atoms with Gasteiger partial charge in [-0.25, -0.2) is 8.78 Å². The van der Waals surface area contributed by atoms with E-state index in [0.29, 0.717) is 12.0 Å². The van der Waals surface area contributed by atoms with Gasteiger partial charge in [0.2, 0.25) is 0 Å². The third kappa shape index (κ3) is 1.22. The van der Waals surface area contributed by atoms with Gasteiger partial charge in [-0.3, -0.25) is 9.48 Å². The molecule has 0 saturated carbocycles. The topological polar surface area (TPSA) is 34.9 Å². The molecule has 12 heavy (non-hydrogen) atoms. The first-order chi connectivity index (χ1) is 5.57. The van der Waals surface area contributed by atoms with Crippen molar-refractivity contribution in [1.29, 1.82) is 0 Å². The second-order valence-corrected chi connectivity index (χ2v) is 2.43. The fraction of sp³-hybridized carbons (Fsp3) is 0.429. The van der Waals surface area contributed by atoms with Crippen molar-refractivity contribution in [2.75, 3.05) is 0 Å². The highest BCUT2D eigenvalue weighted by Crippen LogP contribution is 2.21. The number of carbonyl (C=O) groups is 1. The smallest absolute Gasteiger partial charge is 0.282 e. The summed E-state index contributed by atoms with van der Waals surface area (Å²) in [6.45, 7) is 1.57. The average molecular weight is 174 g/mol. The molecule has 0 saturated heterocycles. The molecule has 0 aliphatic rings. The highest BCUT2D eigenvalue weighted by atomic mass is 19.3. The van der Waals surface area contributed by atoms with Gasteiger partial charge >= 0.3 is 0 Å². The number of nitrogens with zero attached hydrogens (tertiary/aromatic N) is 2. The van der Waals surface area contributed by atoms with Crippen molar-refractivity contribution in [3.63, 3.8) is 0 Å². The molecule has 0 aliphatic heterocycles. The summed E-state index contributed by atoms with van der Waals surface area (Å²) < 4.78 is 25.6. The Hall–Kier alpha value is -1.26. The highest BCUT2D eigenvalue weighted by Gasteiger charge is 2.19. The van der Waals surface area contributed by atoms with Crippen molar-refractivity contribution in [3.05, 3.63) is 17.0 Å². The lowest BCUT2D eigenvalue weighted by molar-refractivity contribution is 0.110. The molecular weight excluding hydrogens is 166 g/mol. The van der Waals surface area contributed by atoms with E-state index < -0.39 is 12.1 Å². The second kappa shape index (κ2) is 3.00. The number of hydrogen-bond acceptors (Lipinski definition) is 2. The molecule has 1 aromatic rings. The number of aromatic nitrogens is 2. The van der Waals surface area contributed by atoms with E-state index in [2.05, 4.69) is 5.10 Å². The van der Waals surface area contributed by atoms with Crippen LogP contribution < -0.4 is 0 Å². The van der Waals surface area contributed by atoms with E-state index in [1.807, 2.05) is 0 Å². The Balaban J connectivity index is 3.29. The van der Waals surface area contributed by atoms with Crippen LogP contribution in [0.25, 0.3) is 0 Å². The van der Waals surface area contributed by atoms with Crippen LogP contribution in [0.4, 0.5) is 8.78 Å². The van der Waals surface area contributed by atoms with Gasteiger partial charge in [0, 0.05) is 12.7 Å². The molecule has 0 N–H and O–H groups in total. The summed E-state index contributed by atoms with van der Waals surface area (Å²) in [7, 11) is 1.52. The summed E-state index contributed by atoms with van der Waals surface area (Å²) in [5, 5.41) is 3.52. The molecule has 0 unspecified atom stereocenters. The van der Waals surface area contributed by atoms with Crippen molar-refractivity contribution in [1.82, 2.24) is 9.78 Å². The van der Waals surface area contributed by atoms with Crippen LogP contribution in [-0.2, 0) is 7.05 Å². The normalized spacial score (nSPS) is 10.8. The van der Waals surface area contributed by atoms with Gasteiger partial charge in [-0.2, -0.15) is 5.10 Å². The first-order valence-corrected chi connectivity index (χ1v) is 3.34. The van der Waals surface area contributed by atoms with Crippen molar-refractivity contribution < 1.29 is 13.6 Å². The largest absolute Gasteiger partial charge is 0.298 e. The molecule has 0 bridgehead atoms. The number of aryl methyl sites for hydroxylation is 1. The number of rotatable bonds is 2. The van der Waals surface area contributed by atoms with Gasteiger partial charge < -0.3 is 0 Å². The molecule has 0 amide bonds. The van der Waals surface area contributed by atoms with Crippen LogP contribution in [0.3, 0.4) is 0 Å². The van der Waals surface area contributed by atoms with Crippen LogP contribution >= 0.6 is 0 Å². The molecule has 1 heterocycles. The number of hydrogen-bond donors (Lipinski definition) is 0. The minimum Gasteiger partial charge on any atom is -0.298 e. The molecule has 66 valence electrons. The Morgan fingerprint density at radius 3 is 2.50 bits per heavy atom. The van der Waals surface area contributed by atoms with Gasteiger partial charge in [-0.15, -0.1) is 0 Å². The second-order valence-electron chi connectivity index (χ2n) is 2.43. The van der Waals surface area contributed by atoms with E-state index in [-0.39, 0.29) is 5.56 Å². The number of halogens is 2. The minimum absolute atomic E-state index is 0.00694. The number of aldehydes is 1. The van der Waals surface area contributed by atoms with Crippen LogP contribution in [0.2, 0.25) is 0 Å². The van der Waals surface area contributed by atoms with Crippen molar-refractivity contribution >= 4 is 6.29 Å². The molecule has 0 spiro atoms. The lowest BCUT2D eigenvalue weighted by atomic mass is 10.2. The molecule has 5 heteroatoms. The fourth-order valence-corrected chi connectivity index (χ4v) is 0.957. The molecule has 0 atom stereocenters. The Morgan fingerprint density at radius 1 is 1.58 bits per heavy atom. The van der Waals surface area contributed by atoms with Gasteiger partial charge in [0.15, 0.2) is 6.29 Å². The maximum absolute atomic E-state index is 12.2. The van der Waals surface area contributed by atoms with Gasteiger partial charge in [-0.05, 0) is 6.92 Å². The predicted octanol–water partition coefficient (Wildman–Crippen LogP) is 1.48. The zero-order chi connectivity index (χ0) is 9.30.